The Bertz CT molecular complexity index is 569. The Kier molecular flexibility index (Phi) is 6.67. The molecule has 1 aromatic carbocycles. The Labute approximate surface area is 141 Å². The van der Waals surface area contributed by atoms with E-state index in [-0.39, 0.29) is 17.7 Å². The van der Waals surface area contributed by atoms with Gasteiger partial charge in [-0.05, 0) is 12.1 Å². The number of anilines is 1. The third-order valence-electron chi connectivity index (χ3n) is 4.02. The molecule has 0 spiro atoms. The molecule has 1 heterocycles. The second-order valence-corrected chi connectivity index (χ2v) is 6.81. The predicted octanol–water partition coefficient (Wildman–Crippen LogP) is 0.683. The summed E-state index contributed by atoms with van der Waals surface area (Å²) in [6, 6.07) is 7.78. The minimum atomic E-state index is -0.221. The molecule has 6 heteroatoms. The molecule has 0 radical (unpaired) electrons. The van der Waals surface area contributed by atoms with Crippen molar-refractivity contribution in [3.8, 4) is 0 Å². The first kappa shape index (κ1) is 17.6. The van der Waals surface area contributed by atoms with Gasteiger partial charge in [0, 0.05) is 29.4 Å². The molecule has 0 bridgehead atoms. The normalized spacial score (nSPS) is 20.7. The molecule has 23 heavy (non-hydrogen) atoms. The first-order valence-corrected chi connectivity index (χ1v) is 8.84. The third kappa shape index (κ3) is 5.41. The van der Waals surface area contributed by atoms with E-state index in [2.05, 4.69) is 11.9 Å². The molecule has 4 N–H and O–H groups in total. The largest absolute Gasteiger partial charge is 0.369 e. The summed E-state index contributed by atoms with van der Waals surface area (Å²) in [5.41, 5.74) is 6.18. The Hall–Kier alpha value is -1.79. The fourth-order valence-corrected chi connectivity index (χ4v) is 3.50. The van der Waals surface area contributed by atoms with Crippen LogP contribution in [0.25, 0.3) is 0 Å². The van der Waals surface area contributed by atoms with Gasteiger partial charge in [-0.25, -0.2) is 0 Å². The molecule has 1 aliphatic heterocycles. The maximum absolute atomic E-state index is 12.3. The van der Waals surface area contributed by atoms with E-state index in [9.17, 15) is 9.59 Å². The van der Waals surface area contributed by atoms with Crippen LogP contribution >= 0.6 is 11.8 Å². The fraction of sp³-hybridized carbons (Fsp3) is 0.412. The van der Waals surface area contributed by atoms with Crippen LogP contribution in [-0.2, 0) is 9.59 Å². The SMILES string of the molecule is C=CCSc1ccccc1NC(=O)C[NH+]1CCC(C(N)=O)CC1. The number of rotatable bonds is 7. The number of carbonyl (C=O) groups is 2. The van der Waals surface area contributed by atoms with Crippen molar-refractivity contribution in [3.05, 3.63) is 36.9 Å². The van der Waals surface area contributed by atoms with Crippen LogP contribution in [0.4, 0.5) is 5.69 Å². The van der Waals surface area contributed by atoms with Crippen molar-refractivity contribution < 1.29 is 14.5 Å². The first-order valence-electron chi connectivity index (χ1n) is 7.85. The molecular weight excluding hydrogens is 310 g/mol. The Morgan fingerprint density at radius 2 is 2.04 bits per heavy atom. The van der Waals surface area contributed by atoms with Gasteiger partial charge in [0.05, 0.1) is 18.8 Å². The molecule has 2 rings (SSSR count). The summed E-state index contributed by atoms with van der Waals surface area (Å²) in [6.07, 6.45) is 3.38. The minimum Gasteiger partial charge on any atom is -0.369 e. The van der Waals surface area contributed by atoms with E-state index in [1.165, 1.54) is 4.90 Å². The van der Waals surface area contributed by atoms with Gasteiger partial charge in [-0.15, -0.1) is 18.3 Å². The number of piperidine rings is 1. The monoisotopic (exact) mass is 334 g/mol. The van der Waals surface area contributed by atoms with Crippen molar-refractivity contribution >= 4 is 29.3 Å². The Morgan fingerprint density at radius 1 is 1.35 bits per heavy atom. The number of benzene rings is 1. The van der Waals surface area contributed by atoms with Crippen LogP contribution in [-0.4, -0.2) is 37.2 Å². The van der Waals surface area contributed by atoms with E-state index in [0.717, 1.165) is 42.3 Å². The summed E-state index contributed by atoms with van der Waals surface area (Å²) in [5.74, 6) is 0.558. The number of thioether (sulfide) groups is 1. The van der Waals surface area contributed by atoms with Crippen LogP contribution in [0.15, 0.2) is 41.8 Å². The van der Waals surface area contributed by atoms with Crippen molar-refractivity contribution in [2.45, 2.75) is 17.7 Å². The number of hydrogen-bond donors (Lipinski definition) is 3. The van der Waals surface area contributed by atoms with E-state index in [0.29, 0.717) is 6.54 Å². The van der Waals surface area contributed by atoms with E-state index in [1.54, 1.807) is 11.8 Å². The van der Waals surface area contributed by atoms with Gasteiger partial charge in [0.15, 0.2) is 6.54 Å². The number of nitrogens with two attached hydrogens (primary N) is 1. The zero-order valence-corrected chi connectivity index (χ0v) is 14.0. The summed E-state index contributed by atoms with van der Waals surface area (Å²) in [6.45, 7) is 5.77. The lowest BCUT2D eigenvalue weighted by atomic mass is 9.96. The number of primary amides is 1. The second-order valence-electron chi connectivity index (χ2n) is 5.75. The highest BCUT2D eigenvalue weighted by Gasteiger charge is 2.27. The number of hydrogen-bond acceptors (Lipinski definition) is 3. The van der Waals surface area contributed by atoms with E-state index in [4.69, 9.17) is 5.73 Å². The molecular formula is C17H24N3O2S+. The van der Waals surface area contributed by atoms with Gasteiger partial charge < -0.3 is 16.0 Å². The average Bonchev–Trinajstić information content (AvgIpc) is 2.54. The topological polar surface area (TPSA) is 76.6 Å². The lowest BCUT2D eigenvalue weighted by Crippen LogP contribution is -3.14. The number of amides is 2. The van der Waals surface area contributed by atoms with Gasteiger partial charge in [0.2, 0.25) is 5.91 Å². The van der Waals surface area contributed by atoms with Gasteiger partial charge in [-0.2, -0.15) is 0 Å². The van der Waals surface area contributed by atoms with Gasteiger partial charge in [0.1, 0.15) is 0 Å². The van der Waals surface area contributed by atoms with Crippen LogP contribution in [0.5, 0.6) is 0 Å². The maximum Gasteiger partial charge on any atom is 0.279 e. The Morgan fingerprint density at radius 3 is 2.70 bits per heavy atom. The fourth-order valence-electron chi connectivity index (χ4n) is 2.75. The summed E-state index contributed by atoms with van der Waals surface area (Å²) in [5, 5.41) is 2.99. The molecule has 124 valence electrons. The average molecular weight is 334 g/mol. The minimum absolute atomic E-state index is 0.00387. The summed E-state index contributed by atoms with van der Waals surface area (Å²) < 4.78 is 0. The Balaban J connectivity index is 1.86. The van der Waals surface area contributed by atoms with Crippen molar-refractivity contribution in [2.24, 2.45) is 11.7 Å². The summed E-state index contributed by atoms with van der Waals surface area (Å²) in [4.78, 5) is 25.7. The highest BCUT2D eigenvalue weighted by Crippen LogP contribution is 2.26. The van der Waals surface area contributed by atoms with Crippen molar-refractivity contribution in [3.63, 3.8) is 0 Å². The number of para-hydroxylation sites is 1. The van der Waals surface area contributed by atoms with Crippen LogP contribution < -0.4 is 16.0 Å². The molecule has 1 saturated heterocycles. The number of nitrogens with one attached hydrogen (secondary N) is 2. The second kappa shape index (κ2) is 8.74. The lowest BCUT2D eigenvalue weighted by molar-refractivity contribution is -0.897. The lowest BCUT2D eigenvalue weighted by Gasteiger charge is -2.27. The van der Waals surface area contributed by atoms with Crippen LogP contribution in [0.2, 0.25) is 0 Å². The zero-order valence-electron chi connectivity index (χ0n) is 13.2. The van der Waals surface area contributed by atoms with Crippen molar-refractivity contribution in [1.29, 1.82) is 0 Å². The highest BCUT2D eigenvalue weighted by atomic mass is 32.2. The van der Waals surface area contributed by atoms with E-state index in [1.807, 2.05) is 30.3 Å². The van der Waals surface area contributed by atoms with Crippen molar-refractivity contribution in [2.75, 3.05) is 30.7 Å². The standard InChI is InChI=1S/C17H23N3O2S/c1-2-11-23-15-6-4-3-5-14(15)19-16(21)12-20-9-7-13(8-10-20)17(18)22/h2-6,13H,1,7-12H2,(H2,18,22)(H,19,21)/p+1. The van der Waals surface area contributed by atoms with E-state index >= 15 is 0 Å². The van der Waals surface area contributed by atoms with Crippen LogP contribution in [0, 0.1) is 5.92 Å². The van der Waals surface area contributed by atoms with Gasteiger partial charge in [0.25, 0.3) is 5.91 Å². The number of likely N-dealkylation sites (tertiary alicyclic amines) is 1. The quantitative estimate of drug-likeness (QED) is 0.507. The van der Waals surface area contributed by atoms with Gasteiger partial charge >= 0.3 is 0 Å². The molecule has 0 aromatic heterocycles. The summed E-state index contributed by atoms with van der Waals surface area (Å²) in [7, 11) is 0. The molecule has 1 fully saturated rings. The van der Waals surface area contributed by atoms with Crippen molar-refractivity contribution in [1.82, 2.24) is 0 Å². The number of quaternary nitrogens is 1. The highest BCUT2D eigenvalue weighted by molar-refractivity contribution is 7.99. The van der Waals surface area contributed by atoms with Gasteiger partial charge in [-0.3, -0.25) is 9.59 Å². The first-order chi connectivity index (χ1) is 11.1. The molecule has 1 aliphatic rings. The smallest absolute Gasteiger partial charge is 0.279 e. The predicted molar refractivity (Wildman–Crippen MR) is 93.5 cm³/mol. The van der Waals surface area contributed by atoms with Crippen LogP contribution in [0.3, 0.4) is 0 Å². The number of carbonyl (C=O) groups excluding carboxylic acids is 2. The third-order valence-corrected chi connectivity index (χ3v) is 5.09. The molecule has 5 nitrogen and oxygen atoms in total. The molecule has 0 aliphatic carbocycles. The maximum atomic E-state index is 12.3. The molecule has 0 saturated carbocycles. The zero-order chi connectivity index (χ0) is 16.7. The van der Waals surface area contributed by atoms with E-state index < -0.39 is 0 Å². The van der Waals surface area contributed by atoms with Gasteiger partial charge in [-0.1, -0.05) is 18.2 Å². The molecule has 2 amide bonds. The molecule has 0 atom stereocenters. The summed E-state index contributed by atoms with van der Waals surface area (Å²) >= 11 is 1.65. The molecule has 1 aromatic rings. The van der Waals surface area contributed by atoms with Crippen LogP contribution in [0.1, 0.15) is 12.8 Å². The molecule has 0 unspecified atom stereocenters.